The molecule has 0 saturated carbocycles. The summed E-state index contributed by atoms with van der Waals surface area (Å²) >= 11 is 5.86. The molecule has 0 spiro atoms. The lowest BCUT2D eigenvalue weighted by Crippen LogP contribution is -2.39. The lowest BCUT2D eigenvalue weighted by molar-refractivity contribution is 0.195. The minimum Gasteiger partial charge on any atom is -0.334 e. The fourth-order valence-corrected chi connectivity index (χ4v) is 2.88. The van der Waals surface area contributed by atoms with Gasteiger partial charge in [0.1, 0.15) is 0 Å². The molecule has 2 heterocycles. The molecule has 0 fully saturated rings. The Kier molecular flexibility index (Phi) is 4.34. The van der Waals surface area contributed by atoms with Crippen molar-refractivity contribution in [1.29, 1.82) is 0 Å². The fourth-order valence-electron chi connectivity index (χ4n) is 2.75. The summed E-state index contributed by atoms with van der Waals surface area (Å²) in [5, 5.41) is 7.95. The van der Waals surface area contributed by atoms with Crippen molar-refractivity contribution in [3.63, 3.8) is 0 Å². The Hall–Kier alpha value is -2.01. The molecule has 1 aliphatic rings. The zero-order valence-electron chi connectivity index (χ0n) is 12.6. The molecule has 6 heteroatoms. The second-order valence-electron chi connectivity index (χ2n) is 5.55. The number of fused-ring (bicyclic) bond motifs is 1. The van der Waals surface area contributed by atoms with Gasteiger partial charge in [-0.15, -0.1) is 0 Å². The highest BCUT2D eigenvalue weighted by Crippen LogP contribution is 2.18. The first-order valence-electron chi connectivity index (χ1n) is 7.40. The third kappa shape index (κ3) is 3.25. The van der Waals surface area contributed by atoms with Crippen LogP contribution in [0.1, 0.15) is 23.2 Å². The average molecular weight is 319 g/mol. The lowest BCUT2D eigenvalue weighted by Gasteiger charge is -2.21. The highest BCUT2D eigenvalue weighted by atomic mass is 35.5. The molecule has 0 atom stereocenters. The molecule has 5 nitrogen and oxygen atoms in total. The molecule has 2 amide bonds. The first-order chi connectivity index (χ1) is 10.6. The monoisotopic (exact) mass is 318 g/mol. The highest BCUT2D eigenvalue weighted by molar-refractivity contribution is 6.30. The summed E-state index contributed by atoms with van der Waals surface area (Å²) in [4.78, 5) is 14.2. The quantitative estimate of drug-likeness (QED) is 0.925. The van der Waals surface area contributed by atoms with Crippen LogP contribution in [0.25, 0.3) is 0 Å². The van der Waals surface area contributed by atoms with E-state index in [-0.39, 0.29) is 6.03 Å². The number of halogens is 1. The smallest absolute Gasteiger partial charge is 0.317 e. The van der Waals surface area contributed by atoms with Crippen LogP contribution in [0.2, 0.25) is 5.02 Å². The Labute approximate surface area is 134 Å². The zero-order valence-corrected chi connectivity index (χ0v) is 13.3. The number of urea groups is 1. The van der Waals surface area contributed by atoms with Crippen LogP contribution < -0.4 is 5.32 Å². The van der Waals surface area contributed by atoms with Gasteiger partial charge in [0.25, 0.3) is 0 Å². The minimum atomic E-state index is -0.0355. The van der Waals surface area contributed by atoms with E-state index in [1.165, 1.54) is 5.69 Å². The molecule has 1 aromatic heterocycles. The molecular formula is C16H19ClN4O. The van der Waals surface area contributed by atoms with Gasteiger partial charge < -0.3 is 10.2 Å². The van der Waals surface area contributed by atoms with Gasteiger partial charge in [-0.2, -0.15) is 5.10 Å². The van der Waals surface area contributed by atoms with E-state index in [4.69, 9.17) is 11.6 Å². The number of nitrogens with zero attached hydrogens (tertiary/aromatic N) is 3. The van der Waals surface area contributed by atoms with Crippen LogP contribution in [0, 0.1) is 0 Å². The Morgan fingerprint density at radius 2 is 2.14 bits per heavy atom. The van der Waals surface area contributed by atoms with E-state index in [0.29, 0.717) is 18.1 Å². The van der Waals surface area contributed by atoms with Crippen molar-refractivity contribution in [2.75, 3.05) is 6.54 Å². The van der Waals surface area contributed by atoms with Crippen LogP contribution in [-0.4, -0.2) is 27.3 Å². The lowest BCUT2D eigenvalue weighted by atomic mass is 10.2. The van der Waals surface area contributed by atoms with Gasteiger partial charge in [-0.3, -0.25) is 4.68 Å². The van der Waals surface area contributed by atoms with Gasteiger partial charge in [0.15, 0.2) is 0 Å². The molecule has 2 aromatic rings. The Morgan fingerprint density at radius 1 is 1.36 bits per heavy atom. The summed E-state index contributed by atoms with van der Waals surface area (Å²) in [6.07, 6.45) is 3.79. The van der Waals surface area contributed by atoms with E-state index in [0.717, 1.165) is 30.5 Å². The van der Waals surface area contributed by atoms with Gasteiger partial charge in [-0.1, -0.05) is 23.7 Å². The molecule has 1 N–H and O–H groups in total. The molecule has 1 aromatic carbocycles. The van der Waals surface area contributed by atoms with Crippen molar-refractivity contribution >= 4 is 17.6 Å². The SMILES string of the molecule is Cn1ncc2c1CCCN(C(=O)NCc1ccc(Cl)cc1)C2. The van der Waals surface area contributed by atoms with Crippen molar-refractivity contribution < 1.29 is 4.79 Å². The summed E-state index contributed by atoms with van der Waals surface area (Å²) in [5.74, 6) is 0. The molecule has 0 aliphatic carbocycles. The van der Waals surface area contributed by atoms with Crippen LogP contribution in [-0.2, 0) is 26.6 Å². The van der Waals surface area contributed by atoms with Crippen molar-refractivity contribution in [2.45, 2.75) is 25.9 Å². The predicted molar refractivity (Wildman–Crippen MR) is 85.6 cm³/mol. The second kappa shape index (κ2) is 6.40. The number of hydrogen-bond acceptors (Lipinski definition) is 2. The summed E-state index contributed by atoms with van der Waals surface area (Å²) in [6, 6.07) is 7.47. The summed E-state index contributed by atoms with van der Waals surface area (Å²) in [5.41, 5.74) is 3.41. The van der Waals surface area contributed by atoms with Gasteiger partial charge in [-0.05, 0) is 30.5 Å². The van der Waals surface area contributed by atoms with E-state index < -0.39 is 0 Å². The van der Waals surface area contributed by atoms with Crippen LogP contribution >= 0.6 is 11.6 Å². The second-order valence-corrected chi connectivity index (χ2v) is 5.99. The maximum atomic E-state index is 12.4. The molecule has 1 aliphatic heterocycles. The predicted octanol–water partition coefficient (Wildman–Crippen LogP) is 2.73. The maximum absolute atomic E-state index is 12.4. The molecule has 0 bridgehead atoms. The standard InChI is InChI=1S/C16H19ClN4O/c1-20-15-3-2-8-21(11-13(15)10-19-20)16(22)18-9-12-4-6-14(17)7-5-12/h4-7,10H,2-3,8-9,11H2,1H3,(H,18,22). The van der Waals surface area contributed by atoms with Crippen LogP contribution in [0.15, 0.2) is 30.5 Å². The number of amides is 2. The van der Waals surface area contributed by atoms with Gasteiger partial charge in [0.05, 0.1) is 12.7 Å². The van der Waals surface area contributed by atoms with Gasteiger partial charge >= 0.3 is 6.03 Å². The molecule has 3 rings (SSSR count). The van der Waals surface area contributed by atoms with E-state index in [1.807, 2.05) is 47.1 Å². The van der Waals surface area contributed by atoms with E-state index in [1.54, 1.807) is 0 Å². The first-order valence-corrected chi connectivity index (χ1v) is 7.78. The molecule has 116 valence electrons. The highest BCUT2D eigenvalue weighted by Gasteiger charge is 2.20. The van der Waals surface area contributed by atoms with E-state index in [9.17, 15) is 4.79 Å². The average Bonchev–Trinajstić information content (AvgIpc) is 2.74. The molecule has 22 heavy (non-hydrogen) atoms. The number of carbonyl (C=O) groups is 1. The molecule has 0 unspecified atom stereocenters. The molecule has 0 saturated heterocycles. The van der Waals surface area contributed by atoms with Gasteiger partial charge in [0, 0.05) is 36.4 Å². The van der Waals surface area contributed by atoms with Crippen LogP contribution in [0.5, 0.6) is 0 Å². The van der Waals surface area contributed by atoms with Crippen molar-refractivity contribution in [3.05, 3.63) is 52.3 Å². The normalized spacial score (nSPS) is 14.4. The number of hydrogen-bond donors (Lipinski definition) is 1. The number of rotatable bonds is 2. The zero-order chi connectivity index (χ0) is 15.5. The maximum Gasteiger partial charge on any atom is 0.317 e. The van der Waals surface area contributed by atoms with Crippen molar-refractivity contribution in [1.82, 2.24) is 20.0 Å². The first kappa shape index (κ1) is 14.9. The number of carbonyl (C=O) groups excluding carboxylic acids is 1. The largest absolute Gasteiger partial charge is 0.334 e. The molecule has 0 radical (unpaired) electrons. The minimum absolute atomic E-state index is 0.0355. The third-order valence-electron chi connectivity index (χ3n) is 4.00. The van der Waals surface area contributed by atoms with Gasteiger partial charge in [0.2, 0.25) is 0 Å². The Balaban J connectivity index is 1.61. The van der Waals surface area contributed by atoms with Gasteiger partial charge in [-0.25, -0.2) is 4.79 Å². The fraction of sp³-hybridized carbons (Fsp3) is 0.375. The Morgan fingerprint density at radius 3 is 2.91 bits per heavy atom. The van der Waals surface area contributed by atoms with Crippen LogP contribution in [0.4, 0.5) is 4.79 Å². The molecular weight excluding hydrogens is 300 g/mol. The third-order valence-corrected chi connectivity index (χ3v) is 4.25. The number of benzene rings is 1. The summed E-state index contributed by atoms with van der Waals surface area (Å²) < 4.78 is 1.91. The van der Waals surface area contributed by atoms with E-state index >= 15 is 0 Å². The topological polar surface area (TPSA) is 50.2 Å². The number of aryl methyl sites for hydroxylation is 1. The number of aromatic nitrogens is 2. The van der Waals surface area contributed by atoms with Crippen molar-refractivity contribution in [3.8, 4) is 0 Å². The van der Waals surface area contributed by atoms with Crippen LogP contribution in [0.3, 0.4) is 0 Å². The number of nitrogens with one attached hydrogen (secondary N) is 1. The summed E-state index contributed by atoms with van der Waals surface area (Å²) in [7, 11) is 1.95. The van der Waals surface area contributed by atoms with Crippen molar-refractivity contribution in [2.24, 2.45) is 7.05 Å². The van der Waals surface area contributed by atoms with E-state index in [2.05, 4.69) is 10.4 Å². The Bertz CT molecular complexity index is 665. The summed E-state index contributed by atoms with van der Waals surface area (Å²) in [6.45, 7) is 1.89.